The Kier molecular flexibility index (Phi) is 5.72. The molecule has 2 aromatic heterocycles. The molecule has 1 saturated heterocycles. The fourth-order valence-corrected chi connectivity index (χ4v) is 4.46. The second-order valence-electron chi connectivity index (χ2n) is 7.65. The number of hydrazone groups is 1. The minimum Gasteiger partial charge on any atom is -0.467 e. The first-order valence-corrected chi connectivity index (χ1v) is 10.7. The number of nitrogens with zero attached hydrogens (tertiary/aromatic N) is 3. The van der Waals surface area contributed by atoms with Gasteiger partial charge in [0.2, 0.25) is 5.91 Å². The first-order chi connectivity index (χ1) is 14.4. The van der Waals surface area contributed by atoms with E-state index < -0.39 is 24.4 Å². The maximum Gasteiger partial charge on any atom is 0.311 e. The maximum atomic E-state index is 12.8. The van der Waals surface area contributed by atoms with Gasteiger partial charge >= 0.3 is 5.97 Å². The number of furan rings is 1. The molecule has 0 aromatic carbocycles. The Labute approximate surface area is 178 Å². The molecule has 158 valence electrons. The van der Waals surface area contributed by atoms with Gasteiger partial charge in [-0.15, -0.1) is 11.3 Å². The Bertz CT molecular complexity index is 951. The van der Waals surface area contributed by atoms with Crippen molar-refractivity contribution in [2.45, 2.75) is 38.8 Å². The van der Waals surface area contributed by atoms with Gasteiger partial charge in [0, 0.05) is 25.4 Å². The van der Waals surface area contributed by atoms with Crippen LogP contribution in [0.3, 0.4) is 0 Å². The van der Waals surface area contributed by atoms with Gasteiger partial charge in [-0.2, -0.15) is 5.10 Å². The van der Waals surface area contributed by atoms with Gasteiger partial charge in [-0.05, 0) is 37.4 Å². The van der Waals surface area contributed by atoms with E-state index >= 15 is 0 Å². The highest BCUT2D eigenvalue weighted by atomic mass is 32.1. The van der Waals surface area contributed by atoms with Crippen LogP contribution in [0.5, 0.6) is 0 Å². The van der Waals surface area contributed by atoms with Gasteiger partial charge in [0.25, 0.3) is 5.91 Å². The molecule has 2 atom stereocenters. The topological polar surface area (TPSA) is 92.4 Å². The number of esters is 1. The molecule has 0 radical (unpaired) electrons. The molecule has 0 saturated carbocycles. The van der Waals surface area contributed by atoms with E-state index in [0.717, 1.165) is 10.6 Å². The highest BCUT2D eigenvalue weighted by Gasteiger charge is 2.38. The average molecular weight is 429 g/mol. The minimum absolute atomic E-state index is 0.0283. The molecule has 0 N–H and O–H groups in total. The molecule has 0 aliphatic carbocycles. The first kappa shape index (κ1) is 20.3. The van der Waals surface area contributed by atoms with Gasteiger partial charge in [-0.25, -0.2) is 5.01 Å². The van der Waals surface area contributed by atoms with Crippen molar-refractivity contribution in [2.75, 3.05) is 13.2 Å². The van der Waals surface area contributed by atoms with Crippen LogP contribution in [0.25, 0.3) is 0 Å². The third kappa shape index (κ3) is 4.02. The van der Waals surface area contributed by atoms with Crippen LogP contribution in [0.2, 0.25) is 0 Å². The molecule has 2 aromatic rings. The zero-order valence-corrected chi connectivity index (χ0v) is 17.6. The summed E-state index contributed by atoms with van der Waals surface area (Å²) in [5.74, 6) is -0.949. The second-order valence-corrected chi connectivity index (χ2v) is 8.59. The van der Waals surface area contributed by atoms with Gasteiger partial charge in [0.15, 0.2) is 6.61 Å². The summed E-state index contributed by atoms with van der Waals surface area (Å²) in [6.07, 6.45) is 2.19. The van der Waals surface area contributed by atoms with Gasteiger partial charge in [0.05, 0.1) is 22.8 Å². The zero-order chi connectivity index (χ0) is 21.3. The van der Waals surface area contributed by atoms with E-state index in [1.807, 2.05) is 31.4 Å². The number of rotatable bonds is 6. The Morgan fingerprint density at radius 2 is 2.13 bits per heavy atom. The van der Waals surface area contributed by atoms with E-state index in [1.54, 1.807) is 34.6 Å². The molecule has 2 amide bonds. The molecule has 4 rings (SSSR count). The lowest BCUT2D eigenvalue weighted by molar-refractivity contribution is -0.156. The normalized spacial score (nSPS) is 21.4. The predicted molar refractivity (Wildman–Crippen MR) is 110 cm³/mol. The van der Waals surface area contributed by atoms with E-state index in [1.165, 1.54) is 5.01 Å². The molecule has 0 bridgehead atoms. The number of carbonyl (C=O) groups is 3. The first-order valence-electron chi connectivity index (χ1n) is 9.87. The number of ether oxygens (including phenoxy) is 1. The Hall–Kier alpha value is -2.94. The molecular formula is C21H23N3O5S. The number of hydrogen-bond acceptors (Lipinski definition) is 7. The molecule has 2 unspecified atom stereocenters. The van der Waals surface area contributed by atoms with Crippen molar-refractivity contribution in [2.24, 2.45) is 11.0 Å². The summed E-state index contributed by atoms with van der Waals surface area (Å²) in [4.78, 5) is 39.9. The van der Waals surface area contributed by atoms with Crippen LogP contribution in [0.1, 0.15) is 43.4 Å². The van der Waals surface area contributed by atoms with Gasteiger partial charge < -0.3 is 14.1 Å². The summed E-state index contributed by atoms with van der Waals surface area (Å²) in [5, 5.41) is 7.78. The average Bonchev–Trinajstić information content (AvgIpc) is 3.51. The van der Waals surface area contributed by atoms with Gasteiger partial charge in [0.1, 0.15) is 11.8 Å². The number of amides is 2. The smallest absolute Gasteiger partial charge is 0.311 e. The number of carbonyl (C=O) groups excluding carboxylic acids is 3. The van der Waals surface area contributed by atoms with E-state index in [-0.39, 0.29) is 24.4 Å². The number of hydrogen-bond donors (Lipinski definition) is 0. The highest BCUT2D eigenvalue weighted by Crippen LogP contribution is 2.34. The monoisotopic (exact) mass is 429 g/mol. The largest absolute Gasteiger partial charge is 0.467 e. The third-order valence-electron chi connectivity index (χ3n) is 5.30. The van der Waals surface area contributed by atoms with Crippen molar-refractivity contribution in [1.29, 1.82) is 0 Å². The van der Waals surface area contributed by atoms with Gasteiger partial charge in [-0.1, -0.05) is 6.07 Å². The third-order valence-corrected chi connectivity index (χ3v) is 6.21. The van der Waals surface area contributed by atoms with E-state index in [9.17, 15) is 14.4 Å². The number of thiophene rings is 1. The van der Waals surface area contributed by atoms with Crippen molar-refractivity contribution >= 4 is 34.8 Å². The standard InChI is InChI=1S/C21H23N3O5S/c1-13(2)23-11-14(9-19(23)25)21(27)29-12-20(26)24-16(17-5-3-7-28-17)10-15(22-24)18-6-4-8-30-18/h3-8,13-14,16H,9-12H2,1-2H3. The van der Waals surface area contributed by atoms with Gasteiger partial charge in [-0.3, -0.25) is 14.4 Å². The lowest BCUT2D eigenvalue weighted by Gasteiger charge is -2.21. The Balaban J connectivity index is 1.42. The van der Waals surface area contributed by atoms with Crippen molar-refractivity contribution in [3.05, 3.63) is 46.5 Å². The molecular weight excluding hydrogens is 406 g/mol. The highest BCUT2D eigenvalue weighted by molar-refractivity contribution is 7.12. The van der Waals surface area contributed by atoms with Crippen LogP contribution < -0.4 is 0 Å². The quantitative estimate of drug-likeness (QED) is 0.659. The lowest BCUT2D eigenvalue weighted by atomic mass is 10.1. The van der Waals surface area contributed by atoms with Crippen LogP contribution in [0.4, 0.5) is 0 Å². The fraction of sp³-hybridized carbons (Fsp3) is 0.429. The molecule has 30 heavy (non-hydrogen) atoms. The summed E-state index contributed by atoms with van der Waals surface area (Å²) in [5.41, 5.74) is 0.792. The summed E-state index contributed by atoms with van der Waals surface area (Å²) in [7, 11) is 0. The number of likely N-dealkylation sites (tertiary alicyclic amines) is 1. The summed E-state index contributed by atoms with van der Waals surface area (Å²) in [6.45, 7) is 3.70. The van der Waals surface area contributed by atoms with E-state index in [4.69, 9.17) is 9.15 Å². The van der Waals surface area contributed by atoms with Crippen LogP contribution >= 0.6 is 11.3 Å². The lowest BCUT2D eigenvalue weighted by Crippen LogP contribution is -2.34. The maximum absolute atomic E-state index is 12.8. The van der Waals surface area contributed by atoms with Crippen LogP contribution in [-0.4, -0.2) is 52.6 Å². The molecule has 1 fully saturated rings. The summed E-state index contributed by atoms with van der Waals surface area (Å²) in [6, 6.07) is 7.09. The van der Waals surface area contributed by atoms with Crippen molar-refractivity contribution in [1.82, 2.24) is 9.91 Å². The van der Waals surface area contributed by atoms with E-state index in [2.05, 4.69) is 5.10 Å². The van der Waals surface area contributed by atoms with E-state index in [0.29, 0.717) is 18.7 Å². The molecule has 8 nitrogen and oxygen atoms in total. The molecule has 2 aliphatic rings. The van der Waals surface area contributed by atoms with Crippen LogP contribution in [0.15, 0.2) is 45.4 Å². The Morgan fingerprint density at radius 3 is 2.77 bits per heavy atom. The van der Waals surface area contributed by atoms with Crippen LogP contribution in [-0.2, 0) is 19.1 Å². The molecule has 4 heterocycles. The van der Waals surface area contributed by atoms with Crippen molar-refractivity contribution < 1.29 is 23.5 Å². The van der Waals surface area contributed by atoms with Crippen molar-refractivity contribution in [3.8, 4) is 0 Å². The fourth-order valence-electron chi connectivity index (χ4n) is 3.74. The van der Waals surface area contributed by atoms with Crippen LogP contribution in [0, 0.1) is 5.92 Å². The minimum atomic E-state index is -0.544. The zero-order valence-electron chi connectivity index (χ0n) is 16.8. The second kappa shape index (κ2) is 8.43. The SMILES string of the molecule is CC(C)N1CC(C(=O)OCC(=O)N2N=C(c3cccs3)CC2c2ccco2)CC1=O. The molecule has 2 aliphatic heterocycles. The predicted octanol–water partition coefficient (Wildman–Crippen LogP) is 2.82. The summed E-state index contributed by atoms with van der Waals surface area (Å²) < 4.78 is 10.8. The van der Waals surface area contributed by atoms with Crippen molar-refractivity contribution in [3.63, 3.8) is 0 Å². The molecule has 9 heteroatoms. The molecule has 0 spiro atoms. The summed E-state index contributed by atoms with van der Waals surface area (Å²) >= 11 is 1.55. The Morgan fingerprint density at radius 1 is 1.30 bits per heavy atom.